The normalized spacial score (nSPS) is 11.0. The van der Waals surface area contributed by atoms with Gasteiger partial charge in [-0.1, -0.05) is 18.2 Å². The van der Waals surface area contributed by atoms with Crippen molar-refractivity contribution in [3.8, 4) is 11.4 Å². The summed E-state index contributed by atoms with van der Waals surface area (Å²) in [5.74, 6) is 0.317. The summed E-state index contributed by atoms with van der Waals surface area (Å²) in [6.07, 6.45) is 1.83. The average molecular weight is 493 g/mol. The van der Waals surface area contributed by atoms with Gasteiger partial charge in [-0.15, -0.1) is 5.10 Å². The number of anilines is 1. The molecule has 3 rings (SSSR count). The molecule has 3 amide bonds. The molecule has 0 radical (unpaired) electrons. The molecule has 10 heteroatoms. The Hall–Kier alpha value is -3.79. The number of benzene rings is 2. The van der Waals surface area contributed by atoms with Gasteiger partial charge in [0.2, 0.25) is 0 Å². The molecular formula is C26H36N8O2. The number of unbranched alkanes of at least 4 members (excludes halogenated alkanes) is 1. The van der Waals surface area contributed by atoms with Crippen molar-refractivity contribution in [2.24, 2.45) is 7.05 Å². The lowest BCUT2D eigenvalue weighted by Crippen LogP contribution is -2.30. The molecule has 0 saturated heterocycles. The number of nitrogens with zero attached hydrogens (tertiary/aromatic N) is 6. The zero-order chi connectivity index (χ0) is 26.2. The minimum atomic E-state index is -0.324. The first-order valence-corrected chi connectivity index (χ1v) is 12.0. The van der Waals surface area contributed by atoms with Gasteiger partial charge in [-0.3, -0.25) is 4.79 Å². The van der Waals surface area contributed by atoms with E-state index >= 15 is 0 Å². The van der Waals surface area contributed by atoms with Crippen LogP contribution in [0.3, 0.4) is 0 Å². The van der Waals surface area contributed by atoms with E-state index in [-0.39, 0.29) is 11.9 Å². The summed E-state index contributed by atoms with van der Waals surface area (Å²) in [5, 5.41) is 17.3. The molecule has 0 bridgehead atoms. The molecule has 0 aliphatic carbocycles. The maximum Gasteiger partial charge on any atom is 0.319 e. The van der Waals surface area contributed by atoms with E-state index in [0.29, 0.717) is 29.2 Å². The number of tetrazole rings is 1. The number of hydrogen-bond acceptors (Lipinski definition) is 6. The highest BCUT2D eigenvalue weighted by atomic mass is 16.2. The molecule has 0 aliphatic heterocycles. The molecule has 0 aliphatic rings. The molecule has 36 heavy (non-hydrogen) atoms. The van der Waals surface area contributed by atoms with E-state index in [4.69, 9.17) is 0 Å². The van der Waals surface area contributed by atoms with Crippen LogP contribution >= 0.6 is 0 Å². The van der Waals surface area contributed by atoms with Gasteiger partial charge in [0.1, 0.15) is 0 Å². The fraction of sp³-hybridized carbons (Fsp3) is 0.423. The van der Waals surface area contributed by atoms with Gasteiger partial charge in [0.05, 0.1) is 0 Å². The van der Waals surface area contributed by atoms with E-state index in [2.05, 4.69) is 70.2 Å². The summed E-state index contributed by atoms with van der Waals surface area (Å²) in [5.41, 5.74) is 5.49. The Bertz CT molecular complexity index is 1200. The third kappa shape index (κ3) is 7.35. The summed E-state index contributed by atoms with van der Waals surface area (Å²) < 4.78 is 1.51. The summed E-state index contributed by atoms with van der Waals surface area (Å²) in [6, 6.07) is 11.4. The molecule has 2 aromatic carbocycles. The largest absolute Gasteiger partial charge is 0.345 e. The van der Waals surface area contributed by atoms with Gasteiger partial charge in [0.15, 0.2) is 5.82 Å². The SMILES string of the molecule is Cc1ccc(CN(C)CCCCNC(=O)Nc2cc(C(=O)N(C)C)cc(-c3nnnn3C)c2)cc1C. The predicted molar refractivity (Wildman–Crippen MR) is 141 cm³/mol. The number of aryl methyl sites for hydroxylation is 3. The zero-order valence-electron chi connectivity index (χ0n) is 22.0. The fourth-order valence-corrected chi connectivity index (χ4v) is 3.86. The van der Waals surface area contributed by atoms with E-state index < -0.39 is 0 Å². The van der Waals surface area contributed by atoms with Crippen molar-refractivity contribution < 1.29 is 9.59 Å². The van der Waals surface area contributed by atoms with E-state index in [1.807, 2.05) is 0 Å². The van der Waals surface area contributed by atoms with Crippen LogP contribution < -0.4 is 10.6 Å². The monoisotopic (exact) mass is 492 g/mol. The first kappa shape index (κ1) is 26.8. The lowest BCUT2D eigenvalue weighted by molar-refractivity contribution is 0.0827. The van der Waals surface area contributed by atoms with Crippen LogP contribution in [0, 0.1) is 13.8 Å². The Balaban J connectivity index is 1.50. The molecule has 0 atom stereocenters. The van der Waals surface area contributed by atoms with Crippen LogP contribution in [-0.2, 0) is 13.6 Å². The third-order valence-corrected chi connectivity index (χ3v) is 6.00. The van der Waals surface area contributed by atoms with Gasteiger partial charge >= 0.3 is 6.03 Å². The van der Waals surface area contributed by atoms with Crippen LogP contribution in [0.15, 0.2) is 36.4 Å². The smallest absolute Gasteiger partial charge is 0.319 e. The number of nitrogens with one attached hydrogen (secondary N) is 2. The lowest BCUT2D eigenvalue weighted by Gasteiger charge is -2.17. The van der Waals surface area contributed by atoms with Crippen LogP contribution in [0.1, 0.15) is 39.9 Å². The van der Waals surface area contributed by atoms with E-state index in [1.165, 1.54) is 26.3 Å². The Kier molecular flexibility index (Phi) is 9.13. The van der Waals surface area contributed by atoms with Crippen molar-refractivity contribution in [1.82, 2.24) is 35.3 Å². The van der Waals surface area contributed by atoms with Gasteiger partial charge < -0.3 is 20.4 Å². The number of hydrogen-bond donors (Lipinski definition) is 2. The lowest BCUT2D eigenvalue weighted by atomic mass is 10.1. The topological polar surface area (TPSA) is 108 Å². The van der Waals surface area contributed by atoms with Crippen molar-refractivity contribution >= 4 is 17.6 Å². The van der Waals surface area contributed by atoms with Crippen molar-refractivity contribution in [1.29, 1.82) is 0 Å². The standard InChI is InChI=1S/C26H36N8O2/c1-18-9-10-20(13-19(18)2)17-33(5)12-8-7-11-27-26(36)28-23-15-21(24-29-30-31-34(24)6)14-22(16-23)25(35)32(3)4/h9-10,13-16H,7-8,11-12,17H2,1-6H3,(H2,27,28,36). The fourth-order valence-electron chi connectivity index (χ4n) is 3.86. The van der Waals surface area contributed by atoms with Gasteiger partial charge in [-0.2, -0.15) is 0 Å². The maximum absolute atomic E-state index is 12.6. The van der Waals surface area contributed by atoms with Crippen LogP contribution in [-0.4, -0.2) is 76.2 Å². The summed E-state index contributed by atoms with van der Waals surface area (Å²) in [6.45, 7) is 6.67. The molecule has 1 aromatic heterocycles. The van der Waals surface area contributed by atoms with E-state index in [1.54, 1.807) is 39.3 Å². The Morgan fingerprint density at radius 2 is 1.78 bits per heavy atom. The molecule has 3 aromatic rings. The number of carbonyl (C=O) groups is 2. The second kappa shape index (κ2) is 12.3. The Morgan fingerprint density at radius 1 is 1.00 bits per heavy atom. The Morgan fingerprint density at radius 3 is 2.44 bits per heavy atom. The number of rotatable bonds is 10. The van der Waals surface area contributed by atoms with Crippen LogP contribution in [0.4, 0.5) is 10.5 Å². The highest BCUT2D eigenvalue weighted by Crippen LogP contribution is 2.23. The highest BCUT2D eigenvalue weighted by molar-refractivity contribution is 5.98. The molecule has 2 N–H and O–H groups in total. The molecule has 0 fully saturated rings. The highest BCUT2D eigenvalue weighted by Gasteiger charge is 2.15. The minimum Gasteiger partial charge on any atom is -0.345 e. The van der Waals surface area contributed by atoms with Gasteiger partial charge in [-0.25, -0.2) is 9.48 Å². The van der Waals surface area contributed by atoms with Crippen molar-refractivity contribution in [3.05, 3.63) is 58.7 Å². The molecule has 10 nitrogen and oxygen atoms in total. The Labute approximate surface area is 212 Å². The quantitative estimate of drug-likeness (QED) is 0.421. The first-order chi connectivity index (χ1) is 17.1. The van der Waals surface area contributed by atoms with Crippen molar-refractivity contribution in [3.63, 3.8) is 0 Å². The minimum absolute atomic E-state index is 0.180. The molecular weight excluding hydrogens is 456 g/mol. The van der Waals surface area contributed by atoms with Gasteiger partial charge in [-0.05, 0) is 85.6 Å². The zero-order valence-corrected chi connectivity index (χ0v) is 22.0. The van der Waals surface area contributed by atoms with Crippen molar-refractivity contribution in [2.75, 3.05) is 39.5 Å². The maximum atomic E-state index is 12.6. The summed E-state index contributed by atoms with van der Waals surface area (Å²) in [7, 11) is 7.19. The molecule has 0 unspecified atom stereocenters. The molecule has 0 spiro atoms. The average Bonchev–Trinajstić information content (AvgIpc) is 3.26. The summed E-state index contributed by atoms with van der Waals surface area (Å²) >= 11 is 0. The number of amides is 3. The van der Waals surface area contributed by atoms with Crippen LogP contribution in [0.5, 0.6) is 0 Å². The molecule has 0 saturated carbocycles. The van der Waals surface area contributed by atoms with Crippen LogP contribution in [0.2, 0.25) is 0 Å². The van der Waals surface area contributed by atoms with Gasteiger partial charge in [0.25, 0.3) is 5.91 Å². The number of carbonyl (C=O) groups excluding carboxylic acids is 2. The number of urea groups is 1. The molecule has 192 valence electrons. The van der Waals surface area contributed by atoms with Gasteiger partial charge in [0, 0.05) is 51.0 Å². The number of aromatic nitrogens is 4. The van der Waals surface area contributed by atoms with E-state index in [9.17, 15) is 9.59 Å². The van der Waals surface area contributed by atoms with E-state index in [0.717, 1.165) is 25.9 Å². The van der Waals surface area contributed by atoms with Crippen LogP contribution in [0.25, 0.3) is 11.4 Å². The second-order valence-electron chi connectivity index (χ2n) is 9.37. The predicted octanol–water partition coefficient (Wildman–Crippen LogP) is 3.23. The van der Waals surface area contributed by atoms with Crippen molar-refractivity contribution in [2.45, 2.75) is 33.2 Å². The second-order valence-corrected chi connectivity index (χ2v) is 9.37. The summed E-state index contributed by atoms with van der Waals surface area (Å²) in [4.78, 5) is 28.9. The third-order valence-electron chi connectivity index (χ3n) is 6.00. The molecule has 1 heterocycles. The first-order valence-electron chi connectivity index (χ1n) is 12.0.